The Morgan fingerprint density at radius 3 is 2.52 bits per heavy atom. The molecule has 0 unspecified atom stereocenters. The molecule has 1 aromatic heterocycles. The SMILES string of the molecule is CN(CCc1ccncc1)S(=O)(=O)c1ccc(N)c(Br)c1. The summed E-state index contributed by atoms with van der Waals surface area (Å²) in [5, 5.41) is 0. The minimum absolute atomic E-state index is 0.223. The number of halogens is 1. The van der Waals surface area contributed by atoms with E-state index in [-0.39, 0.29) is 4.90 Å². The third-order valence-corrected chi connectivity index (χ3v) is 5.68. The molecule has 5 nitrogen and oxygen atoms in total. The van der Waals surface area contributed by atoms with Crippen molar-refractivity contribution in [3.63, 3.8) is 0 Å². The average Bonchev–Trinajstić information content (AvgIpc) is 2.48. The molecule has 0 aliphatic rings. The van der Waals surface area contributed by atoms with Crippen LogP contribution in [0, 0.1) is 0 Å². The van der Waals surface area contributed by atoms with Gasteiger partial charge in [-0.25, -0.2) is 12.7 Å². The zero-order valence-corrected chi connectivity index (χ0v) is 13.9. The fourth-order valence-electron chi connectivity index (χ4n) is 1.80. The lowest BCUT2D eigenvalue weighted by Crippen LogP contribution is -2.29. The molecule has 1 aromatic carbocycles. The van der Waals surface area contributed by atoms with Gasteiger partial charge in [0.2, 0.25) is 10.0 Å². The van der Waals surface area contributed by atoms with Crippen LogP contribution < -0.4 is 5.73 Å². The van der Waals surface area contributed by atoms with Gasteiger partial charge in [-0.05, 0) is 58.2 Å². The van der Waals surface area contributed by atoms with Gasteiger partial charge in [0.15, 0.2) is 0 Å². The van der Waals surface area contributed by atoms with E-state index in [1.54, 1.807) is 25.5 Å². The van der Waals surface area contributed by atoms with Crippen molar-refractivity contribution in [1.29, 1.82) is 0 Å². The molecule has 112 valence electrons. The van der Waals surface area contributed by atoms with E-state index >= 15 is 0 Å². The first-order valence-corrected chi connectivity index (χ1v) is 8.55. The van der Waals surface area contributed by atoms with Crippen molar-refractivity contribution >= 4 is 31.6 Å². The molecule has 0 radical (unpaired) electrons. The van der Waals surface area contributed by atoms with Crippen molar-refractivity contribution in [1.82, 2.24) is 9.29 Å². The fraction of sp³-hybridized carbons (Fsp3) is 0.214. The molecule has 0 saturated carbocycles. The fourth-order valence-corrected chi connectivity index (χ4v) is 3.53. The maximum Gasteiger partial charge on any atom is 0.242 e. The Labute approximate surface area is 133 Å². The number of hydrogen-bond acceptors (Lipinski definition) is 4. The summed E-state index contributed by atoms with van der Waals surface area (Å²) in [7, 11) is -1.95. The zero-order chi connectivity index (χ0) is 15.5. The number of sulfonamides is 1. The number of hydrogen-bond donors (Lipinski definition) is 1. The smallest absolute Gasteiger partial charge is 0.242 e. The van der Waals surface area contributed by atoms with Crippen LogP contribution >= 0.6 is 15.9 Å². The first-order chi connectivity index (χ1) is 9.91. The molecule has 21 heavy (non-hydrogen) atoms. The number of nitrogens with zero attached hydrogens (tertiary/aromatic N) is 2. The Hall–Kier alpha value is -1.44. The Bertz CT molecular complexity index is 720. The molecule has 0 atom stereocenters. The molecule has 0 aliphatic heterocycles. The lowest BCUT2D eigenvalue weighted by molar-refractivity contribution is 0.472. The van der Waals surface area contributed by atoms with Crippen LogP contribution in [0.5, 0.6) is 0 Å². The van der Waals surface area contributed by atoms with E-state index in [0.717, 1.165) is 5.56 Å². The summed E-state index contributed by atoms with van der Waals surface area (Å²) in [5.74, 6) is 0. The van der Waals surface area contributed by atoms with E-state index in [0.29, 0.717) is 23.1 Å². The summed E-state index contributed by atoms with van der Waals surface area (Å²) in [6, 6.07) is 8.36. The molecule has 2 rings (SSSR count). The van der Waals surface area contributed by atoms with Gasteiger partial charge in [0.25, 0.3) is 0 Å². The minimum atomic E-state index is -3.52. The van der Waals surface area contributed by atoms with Gasteiger partial charge in [0.1, 0.15) is 0 Å². The second-order valence-corrected chi connectivity index (χ2v) is 7.51. The van der Waals surface area contributed by atoms with Gasteiger partial charge >= 0.3 is 0 Å². The highest BCUT2D eigenvalue weighted by Gasteiger charge is 2.21. The van der Waals surface area contributed by atoms with Gasteiger partial charge in [-0.1, -0.05) is 0 Å². The molecule has 2 N–H and O–H groups in total. The predicted octanol–water partition coefficient (Wildman–Crippen LogP) is 2.29. The first kappa shape index (κ1) is 15.9. The molecular formula is C14H16BrN3O2S. The van der Waals surface area contributed by atoms with E-state index in [1.165, 1.54) is 16.4 Å². The third kappa shape index (κ3) is 3.81. The van der Waals surface area contributed by atoms with Crippen LogP contribution in [-0.4, -0.2) is 31.3 Å². The number of rotatable bonds is 5. The normalized spacial score (nSPS) is 11.8. The van der Waals surface area contributed by atoms with Gasteiger partial charge < -0.3 is 5.73 Å². The van der Waals surface area contributed by atoms with E-state index < -0.39 is 10.0 Å². The second-order valence-electron chi connectivity index (χ2n) is 4.62. The van der Waals surface area contributed by atoms with Crippen LogP contribution in [0.2, 0.25) is 0 Å². The maximum atomic E-state index is 12.5. The lowest BCUT2D eigenvalue weighted by atomic mass is 10.2. The van der Waals surface area contributed by atoms with Gasteiger partial charge in [-0.15, -0.1) is 0 Å². The molecule has 2 aromatic rings. The van der Waals surface area contributed by atoms with Crippen molar-refractivity contribution < 1.29 is 8.42 Å². The Morgan fingerprint density at radius 2 is 1.90 bits per heavy atom. The average molecular weight is 370 g/mol. The highest BCUT2D eigenvalue weighted by atomic mass is 79.9. The van der Waals surface area contributed by atoms with E-state index in [9.17, 15) is 8.42 Å². The summed E-state index contributed by atoms with van der Waals surface area (Å²) in [6.45, 7) is 0.397. The van der Waals surface area contributed by atoms with Gasteiger partial charge in [-0.2, -0.15) is 0 Å². The summed E-state index contributed by atoms with van der Waals surface area (Å²) in [4.78, 5) is 4.16. The molecule has 0 bridgehead atoms. The summed E-state index contributed by atoms with van der Waals surface area (Å²) >= 11 is 3.25. The van der Waals surface area contributed by atoms with Crippen LogP contribution in [-0.2, 0) is 16.4 Å². The molecule has 0 aliphatic carbocycles. The molecule has 0 spiro atoms. The topological polar surface area (TPSA) is 76.3 Å². The number of anilines is 1. The van der Waals surface area contributed by atoms with Crippen LogP contribution in [0.1, 0.15) is 5.56 Å². The third-order valence-electron chi connectivity index (χ3n) is 3.14. The van der Waals surface area contributed by atoms with Crippen LogP contribution in [0.25, 0.3) is 0 Å². The van der Waals surface area contributed by atoms with Crippen molar-refractivity contribution in [2.45, 2.75) is 11.3 Å². The lowest BCUT2D eigenvalue weighted by Gasteiger charge is -2.17. The van der Waals surface area contributed by atoms with E-state index in [2.05, 4.69) is 20.9 Å². The Morgan fingerprint density at radius 1 is 1.24 bits per heavy atom. The van der Waals surface area contributed by atoms with Crippen molar-refractivity contribution in [3.05, 3.63) is 52.8 Å². The monoisotopic (exact) mass is 369 g/mol. The van der Waals surface area contributed by atoms with Crippen LogP contribution in [0.4, 0.5) is 5.69 Å². The molecule has 7 heteroatoms. The first-order valence-electron chi connectivity index (χ1n) is 6.31. The molecule has 0 fully saturated rings. The quantitative estimate of drug-likeness (QED) is 0.820. The van der Waals surface area contributed by atoms with E-state index in [1.807, 2.05) is 12.1 Å². The highest BCUT2D eigenvalue weighted by Crippen LogP contribution is 2.24. The molecule has 0 amide bonds. The zero-order valence-electron chi connectivity index (χ0n) is 11.5. The minimum Gasteiger partial charge on any atom is -0.398 e. The number of pyridine rings is 1. The number of nitrogen functional groups attached to an aromatic ring is 1. The van der Waals surface area contributed by atoms with Gasteiger partial charge in [0, 0.05) is 36.1 Å². The van der Waals surface area contributed by atoms with Crippen LogP contribution in [0.3, 0.4) is 0 Å². The summed E-state index contributed by atoms with van der Waals surface area (Å²) in [5.41, 5.74) is 7.24. The van der Waals surface area contributed by atoms with Gasteiger partial charge in [-0.3, -0.25) is 4.98 Å². The second kappa shape index (κ2) is 6.55. The number of benzene rings is 1. The number of nitrogens with two attached hydrogens (primary N) is 1. The standard InChI is InChI=1S/C14H16BrN3O2S/c1-18(9-6-11-4-7-17-8-5-11)21(19,20)12-2-3-14(16)13(15)10-12/h2-5,7-8,10H,6,9,16H2,1H3. The summed E-state index contributed by atoms with van der Waals surface area (Å²) in [6.07, 6.45) is 4.02. The Kier molecular flexibility index (Phi) is 4.97. The molecular weight excluding hydrogens is 354 g/mol. The van der Waals surface area contributed by atoms with E-state index in [4.69, 9.17) is 5.73 Å². The predicted molar refractivity (Wildman–Crippen MR) is 86.3 cm³/mol. The molecule has 0 saturated heterocycles. The van der Waals surface area contributed by atoms with Crippen LogP contribution in [0.15, 0.2) is 52.1 Å². The largest absolute Gasteiger partial charge is 0.398 e. The summed E-state index contributed by atoms with van der Waals surface area (Å²) < 4.78 is 26.9. The highest BCUT2D eigenvalue weighted by molar-refractivity contribution is 9.10. The maximum absolute atomic E-state index is 12.5. The molecule has 1 heterocycles. The van der Waals surface area contributed by atoms with Gasteiger partial charge in [0.05, 0.1) is 4.90 Å². The number of aromatic nitrogens is 1. The van der Waals surface area contributed by atoms with Crippen molar-refractivity contribution in [2.75, 3.05) is 19.3 Å². The van der Waals surface area contributed by atoms with Crippen molar-refractivity contribution in [2.24, 2.45) is 0 Å². The number of likely N-dealkylation sites (N-methyl/N-ethyl adjacent to an activating group) is 1. The Balaban J connectivity index is 2.13. The van der Waals surface area contributed by atoms with Crippen molar-refractivity contribution in [3.8, 4) is 0 Å².